The molecule has 1 amide bonds. The van der Waals surface area contributed by atoms with Gasteiger partial charge < -0.3 is 10.5 Å². The van der Waals surface area contributed by atoms with Crippen LogP contribution < -0.4 is 10.6 Å². The summed E-state index contributed by atoms with van der Waals surface area (Å²) in [5.74, 6) is 0. The van der Waals surface area contributed by atoms with E-state index in [1.165, 1.54) is 16.2 Å². The third-order valence-corrected chi connectivity index (χ3v) is 4.40. The number of amides is 1. The van der Waals surface area contributed by atoms with Crippen LogP contribution in [0, 0.1) is 0 Å². The molecule has 0 aliphatic heterocycles. The van der Waals surface area contributed by atoms with Crippen LogP contribution >= 0.6 is 34.5 Å². The van der Waals surface area contributed by atoms with E-state index in [4.69, 9.17) is 33.7 Å². The van der Waals surface area contributed by atoms with Crippen molar-refractivity contribution in [2.45, 2.75) is 32.9 Å². The van der Waals surface area contributed by atoms with Crippen LogP contribution in [0.15, 0.2) is 30.3 Å². The summed E-state index contributed by atoms with van der Waals surface area (Å²) in [5, 5.41) is 0.389. The Labute approximate surface area is 149 Å². The van der Waals surface area contributed by atoms with Crippen molar-refractivity contribution in [3.05, 3.63) is 44.6 Å². The monoisotopic (exact) mass is 372 g/mol. The Morgan fingerprint density at radius 2 is 1.96 bits per heavy atom. The van der Waals surface area contributed by atoms with Crippen LogP contribution in [0.1, 0.15) is 25.6 Å². The first kappa shape index (κ1) is 17.9. The highest BCUT2D eigenvalue weighted by Crippen LogP contribution is 2.30. The van der Waals surface area contributed by atoms with Gasteiger partial charge in [-0.05, 0) is 51.1 Å². The van der Waals surface area contributed by atoms with Crippen LogP contribution in [0.5, 0.6) is 0 Å². The van der Waals surface area contributed by atoms with Gasteiger partial charge in [0.15, 0.2) is 0 Å². The maximum Gasteiger partial charge on any atom is 0.415 e. The molecule has 0 aliphatic rings. The number of nitrogens with zero attached hydrogens (tertiary/aromatic N) is 1. The molecule has 7 heteroatoms. The van der Waals surface area contributed by atoms with Crippen LogP contribution in [0.2, 0.25) is 9.36 Å². The molecule has 0 saturated heterocycles. The summed E-state index contributed by atoms with van der Waals surface area (Å²) in [6.07, 6.45) is -0.456. The summed E-state index contributed by atoms with van der Waals surface area (Å²) in [5.41, 5.74) is 6.21. The largest absolute Gasteiger partial charge is 0.443 e. The van der Waals surface area contributed by atoms with Crippen molar-refractivity contribution in [1.82, 2.24) is 0 Å². The Hall–Kier alpha value is -1.43. The normalized spacial score (nSPS) is 11.3. The van der Waals surface area contributed by atoms with E-state index >= 15 is 0 Å². The van der Waals surface area contributed by atoms with Gasteiger partial charge in [-0.2, -0.15) is 0 Å². The van der Waals surface area contributed by atoms with Crippen LogP contribution in [0.4, 0.5) is 16.2 Å². The summed E-state index contributed by atoms with van der Waals surface area (Å²) in [6.45, 7) is 5.80. The summed E-state index contributed by atoms with van der Waals surface area (Å²) in [6, 6.07) is 8.72. The van der Waals surface area contributed by atoms with Crippen molar-refractivity contribution < 1.29 is 9.53 Å². The molecule has 0 radical (unpaired) electrons. The van der Waals surface area contributed by atoms with E-state index in [-0.39, 0.29) is 0 Å². The van der Waals surface area contributed by atoms with E-state index in [9.17, 15) is 4.79 Å². The minimum absolute atomic E-state index is 0.340. The van der Waals surface area contributed by atoms with Crippen molar-refractivity contribution >= 4 is 52.0 Å². The zero-order chi connectivity index (χ0) is 17.2. The van der Waals surface area contributed by atoms with E-state index in [1.54, 1.807) is 24.3 Å². The van der Waals surface area contributed by atoms with Gasteiger partial charge in [0.05, 0.1) is 21.6 Å². The molecule has 124 valence electrons. The van der Waals surface area contributed by atoms with Crippen LogP contribution in [-0.2, 0) is 11.3 Å². The number of carbonyl (C=O) groups excluding carboxylic acids is 1. The first-order chi connectivity index (χ1) is 10.7. The highest BCUT2D eigenvalue weighted by atomic mass is 35.5. The van der Waals surface area contributed by atoms with E-state index < -0.39 is 11.7 Å². The fraction of sp³-hybridized carbons (Fsp3) is 0.312. The van der Waals surface area contributed by atoms with Gasteiger partial charge in [0.2, 0.25) is 0 Å². The molecule has 1 heterocycles. The summed E-state index contributed by atoms with van der Waals surface area (Å²) in [4.78, 5) is 15.0. The zero-order valence-electron chi connectivity index (χ0n) is 13.1. The molecule has 2 aromatic rings. The second kappa shape index (κ2) is 6.99. The topological polar surface area (TPSA) is 55.6 Å². The number of hydrogen-bond donors (Lipinski definition) is 1. The number of nitrogen functional groups attached to an aromatic ring is 1. The molecular formula is C16H18Cl2N2O2S. The lowest BCUT2D eigenvalue weighted by molar-refractivity contribution is 0.0578. The molecule has 0 aliphatic carbocycles. The third kappa shape index (κ3) is 5.03. The molecule has 1 aromatic heterocycles. The Bertz CT molecular complexity index is 710. The summed E-state index contributed by atoms with van der Waals surface area (Å²) >= 11 is 13.5. The van der Waals surface area contributed by atoms with Gasteiger partial charge in [-0.15, -0.1) is 11.3 Å². The molecule has 2 rings (SSSR count). The lowest BCUT2D eigenvalue weighted by Crippen LogP contribution is -2.36. The number of rotatable bonds is 3. The number of halogens is 2. The molecule has 0 unspecified atom stereocenters. The van der Waals surface area contributed by atoms with Gasteiger partial charge in [-0.1, -0.05) is 23.2 Å². The number of thiophene rings is 1. The summed E-state index contributed by atoms with van der Waals surface area (Å²) in [7, 11) is 0. The number of hydrogen-bond acceptors (Lipinski definition) is 4. The Kier molecular flexibility index (Phi) is 5.45. The average Bonchev–Trinajstić information content (AvgIpc) is 2.83. The molecule has 1 aromatic carbocycles. The predicted octanol–water partition coefficient (Wildman–Crippen LogP) is 5.58. The van der Waals surface area contributed by atoms with E-state index in [1.807, 2.05) is 26.8 Å². The van der Waals surface area contributed by atoms with Crippen molar-refractivity contribution in [2.24, 2.45) is 0 Å². The molecule has 0 saturated carbocycles. The maximum absolute atomic E-state index is 12.6. The minimum atomic E-state index is -0.597. The highest BCUT2D eigenvalue weighted by Gasteiger charge is 2.24. The lowest BCUT2D eigenvalue weighted by Gasteiger charge is -2.27. The Morgan fingerprint density at radius 3 is 2.48 bits per heavy atom. The third-order valence-electron chi connectivity index (χ3n) is 2.85. The molecule has 2 N–H and O–H groups in total. The maximum atomic E-state index is 12.6. The molecule has 0 atom stereocenters. The number of nitrogens with two attached hydrogens (primary N) is 1. The molecule has 4 nitrogen and oxygen atoms in total. The number of carbonyl (C=O) groups is 1. The molecule has 0 bridgehead atoms. The van der Waals surface area contributed by atoms with Gasteiger partial charge in [0.25, 0.3) is 0 Å². The predicted molar refractivity (Wildman–Crippen MR) is 97.6 cm³/mol. The standard InChI is InChI=1S/C16H18Cl2N2O2S/c1-16(2,3)22-15(21)20(9-11-5-7-14(18)23-11)10-4-6-13(19)12(17)8-10/h4-8H,9,19H2,1-3H3. The SMILES string of the molecule is CC(C)(C)OC(=O)N(Cc1ccc(Cl)s1)c1ccc(N)c(Cl)c1. The molecular weight excluding hydrogens is 355 g/mol. The van der Waals surface area contributed by atoms with Crippen molar-refractivity contribution in [2.75, 3.05) is 10.6 Å². The zero-order valence-corrected chi connectivity index (χ0v) is 15.4. The Morgan fingerprint density at radius 1 is 1.26 bits per heavy atom. The molecule has 0 fully saturated rings. The van der Waals surface area contributed by atoms with Gasteiger partial charge in [-0.25, -0.2) is 4.79 Å². The second-order valence-electron chi connectivity index (χ2n) is 5.98. The van der Waals surface area contributed by atoms with E-state index in [0.717, 1.165) is 4.88 Å². The van der Waals surface area contributed by atoms with Gasteiger partial charge in [0.1, 0.15) is 5.60 Å². The first-order valence-corrected chi connectivity index (χ1v) is 8.53. The van der Waals surface area contributed by atoms with Gasteiger partial charge in [-0.3, -0.25) is 4.90 Å². The lowest BCUT2D eigenvalue weighted by atomic mass is 10.2. The highest BCUT2D eigenvalue weighted by molar-refractivity contribution is 7.16. The van der Waals surface area contributed by atoms with E-state index in [2.05, 4.69) is 0 Å². The Balaban J connectivity index is 2.33. The fourth-order valence-corrected chi connectivity index (χ4v) is 3.11. The number of benzene rings is 1. The first-order valence-electron chi connectivity index (χ1n) is 6.95. The van der Waals surface area contributed by atoms with Crippen LogP contribution in [0.3, 0.4) is 0 Å². The van der Waals surface area contributed by atoms with Crippen LogP contribution in [0.25, 0.3) is 0 Å². The quantitative estimate of drug-likeness (QED) is 0.715. The number of anilines is 2. The molecule has 23 heavy (non-hydrogen) atoms. The van der Waals surface area contributed by atoms with Gasteiger partial charge >= 0.3 is 6.09 Å². The van der Waals surface area contributed by atoms with E-state index in [0.29, 0.717) is 27.3 Å². The summed E-state index contributed by atoms with van der Waals surface area (Å²) < 4.78 is 6.15. The minimum Gasteiger partial charge on any atom is -0.443 e. The number of ether oxygens (including phenoxy) is 1. The van der Waals surface area contributed by atoms with Gasteiger partial charge in [0, 0.05) is 10.6 Å². The van der Waals surface area contributed by atoms with Crippen LogP contribution in [-0.4, -0.2) is 11.7 Å². The average molecular weight is 373 g/mol. The van der Waals surface area contributed by atoms with Crippen molar-refractivity contribution in [3.63, 3.8) is 0 Å². The fourth-order valence-electron chi connectivity index (χ4n) is 1.85. The van der Waals surface area contributed by atoms with Crippen molar-refractivity contribution in [3.8, 4) is 0 Å². The van der Waals surface area contributed by atoms with Crippen molar-refractivity contribution in [1.29, 1.82) is 0 Å². The smallest absolute Gasteiger partial charge is 0.415 e. The second-order valence-corrected chi connectivity index (χ2v) is 8.18. The molecule has 0 spiro atoms.